The summed E-state index contributed by atoms with van der Waals surface area (Å²) in [6.45, 7) is 0.227. The van der Waals surface area contributed by atoms with Gasteiger partial charge in [0.15, 0.2) is 0 Å². The Kier molecular flexibility index (Phi) is 4.20. The third-order valence-corrected chi connectivity index (χ3v) is 3.96. The van der Waals surface area contributed by atoms with Gasteiger partial charge in [0.2, 0.25) is 5.79 Å². The molecule has 1 unspecified atom stereocenters. The van der Waals surface area contributed by atoms with E-state index < -0.39 is 5.79 Å². The Morgan fingerprint density at radius 2 is 1.43 bits per heavy atom. The molecule has 1 aliphatic rings. The van der Waals surface area contributed by atoms with E-state index in [1.165, 1.54) is 0 Å². The van der Waals surface area contributed by atoms with Crippen molar-refractivity contribution in [2.45, 2.75) is 11.9 Å². The third-order valence-electron chi connectivity index (χ3n) is 3.46. The maximum absolute atomic E-state index is 9.33. The van der Waals surface area contributed by atoms with Crippen LogP contribution in [0.2, 0.25) is 10.0 Å². The first-order chi connectivity index (χ1) is 10.1. The zero-order valence-electron chi connectivity index (χ0n) is 11.1. The fourth-order valence-electron chi connectivity index (χ4n) is 2.41. The summed E-state index contributed by atoms with van der Waals surface area (Å²) in [5.74, 6) is -1.04. The van der Waals surface area contributed by atoms with Crippen LogP contribution >= 0.6 is 23.2 Å². The van der Waals surface area contributed by atoms with Crippen LogP contribution in [0, 0.1) is 0 Å². The number of ether oxygens (including phenoxy) is 2. The smallest absolute Gasteiger partial charge is 0.222 e. The standard InChI is InChI=1S/C16H14Cl2O3/c17-13-5-1-11(2-6-13)16(20-10-15(9-19)21-16)12-3-7-14(18)8-4-12/h1-8,15,19H,9-10H2. The van der Waals surface area contributed by atoms with E-state index in [1.54, 1.807) is 24.3 Å². The van der Waals surface area contributed by atoms with E-state index in [4.69, 9.17) is 32.7 Å². The minimum absolute atomic E-state index is 0.0943. The Morgan fingerprint density at radius 3 is 1.81 bits per heavy atom. The second-order valence-corrected chi connectivity index (χ2v) is 5.74. The first kappa shape index (κ1) is 14.8. The van der Waals surface area contributed by atoms with E-state index in [1.807, 2.05) is 24.3 Å². The molecule has 5 heteroatoms. The van der Waals surface area contributed by atoms with Crippen molar-refractivity contribution < 1.29 is 14.6 Å². The van der Waals surface area contributed by atoms with Crippen molar-refractivity contribution in [1.29, 1.82) is 0 Å². The highest BCUT2D eigenvalue weighted by molar-refractivity contribution is 6.30. The molecular formula is C16H14Cl2O3. The molecule has 1 fully saturated rings. The van der Waals surface area contributed by atoms with Crippen molar-refractivity contribution in [3.8, 4) is 0 Å². The monoisotopic (exact) mass is 324 g/mol. The lowest BCUT2D eigenvalue weighted by Crippen LogP contribution is -2.30. The summed E-state index contributed by atoms with van der Waals surface area (Å²) in [7, 11) is 0. The highest BCUT2D eigenvalue weighted by Gasteiger charge is 2.44. The molecule has 0 aliphatic carbocycles. The zero-order valence-corrected chi connectivity index (χ0v) is 12.6. The normalized spacial score (nSPS) is 20.6. The van der Waals surface area contributed by atoms with Gasteiger partial charge in [-0.15, -0.1) is 0 Å². The van der Waals surface area contributed by atoms with Crippen LogP contribution in [0.3, 0.4) is 0 Å². The number of aliphatic hydroxyl groups excluding tert-OH is 1. The molecule has 0 saturated carbocycles. The van der Waals surface area contributed by atoms with Gasteiger partial charge in [-0.25, -0.2) is 0 Å². The van der Waals surface area contributed by atoms with E-state index in [0.717, 1.165) is 11.1 Å². The number of aliphatic hydroxyl groups is 1. The van der Waals surface area contributed by atoms with Crippen LogP contribution in [0.1, 0.15) is 11.1 Å². The largest absolute Gasteiger partial charge is 0.394 e. The fraction of sp³-hybridized carbons (Fsp3) is 0.250. The molecule has 0 radical (unpaired) electrons. The lowest BCUT2D eigenvalue weighted by atomic mass is 9.97. The lowest BCUT2D eigenvalue weighted by Gasteiger charge is -2.29. The van der Waals surface area contributed by atoms with Crippen molar-refractivity contribution >= 4 is 23.2 Å². The van der Waals surface area contributed by atoms with Crippen LogP contribution in [-0.2, 0) is 15.3 Å². The van der Waals surface area contributed by atoms with Crippen molar-refractivity contribution in [1.82, 2.24) is 0 Å². The highest BCUT2D eigenvalue weighted by Crippen LogP contribution is 2.41. The Bertz CT molecular complexity index is 565. The van der Waals surface area contributed by atoms with Crippen molar-refractivity contribution in [3.63, 3.8) is 0 Å². The lowest BCUT2D eigenvalue weighted by molar-refractivity contribution is -0.146. The molecule has 0 bridgehead atoms. The minimum Gasteiger partial charge on any atom is -0.394 e. The molecule has 110 valence electrons. The van der Waals surface area contributed by atoms with E-state index >= 15 is 0 Å². The summed E-state index contributed by atoms with van der Waals surface area (Å²) in [4.78, 5) is 0. The molecule has 0 amide bonds. The average molecular weight is 325 g/mol. The van der Waals surface area contributed by atoms with Gasteiger partial charge in [0.1, 0.15) is 6.10 Å². The molecule has 1 atom stereocenters. The molecular weight excluding hydrogens is 311 g/mol. The summed E-state index contributed by atoms with van der Waals surface area (Å²) in [5.41, 5.74) is 1.65. The van der Waals surface area contributed by atoms with E-state index in [0.29, 0.717) is 16.7 Å². The predicted octanol–water partition coefficient (Wildman–Crippen LogP) is 3.60. The topological polar surface area (TPSA) is 38.7 Å². The Balaban J connectivity index is 2.07. The molecule has 21 heavy (non-hydrogen) atoms. The summed E-state index contributed by atoms with van der Waals surface area (Å²) in [5, 5.41) is 10.6. The van der Waals surface area contributed by atoms with Gasteiger partial charge < -0.3 is 14.6 Å². The van der Waals surface area contributed by atoms with Gasteiger partial charge in [0.05, 0.1) is 13.2 Å². The van der Waals surface area contributed by atoms with Crippen molar-refractivity contribution in [2.75, 3.05) is 13.2 Å². The van der Waals surface area contributed by atoms with Gasteiger partial charge in [0.25, 0.3) is 0 Å². The van der Waals surface area contributed by atoms with Crippen LogP contribution in [-0.4, -0.2) is 24.4 Å². The quantitative estimate of drug-likeness (QED) is 0.937. The Morgan fingerprint density at radius 1 is 0.952 bits per heavy atom. The van der Waals surface area contributed by atoms with Gasteiger partial charge in [0, 0.05) is 21.2 Å². The van der Waals surface area contributed by atoms with Gasteiger partial charge in [-0.3, -0.25) is 0 Å². The highest BCUT2D eigenvalue weighted by atomic mass is 35.5. The van der Waals surface area contributed by atoms with Crippen molar-refractivity contribution in [2.24, 2.45) is 0 Å². The number of halogens is 2. The summed E-state index contributed by atoms with van der Waals surface area (Å²) in [6.07, 6.45) is -0.364. The maximum Gasteiger partial charge on any atom is 0.222 e. The van der Waals surface area contributed by atoms with Crippen LogP contribution < -0.4 is 0 Å². The summed E-state index contributed by atoms with van der Waals surface area (Å²) >= 11 is 11.9. The number of hydrogen-bond donors (Lipinski definition) is 1. The van der Waals surface area contributed by atoms with Gasteiger partial charge in [-0.05, 0) is 24.3 Å². The maximum atomic E-state index is 9.33. The molecule has 2 aromatic carbocycles. The predicted molar refractivity (Wildman–Crippen MR) is 81.6 cm³/mol. The van der Waals surface area contributed by atoms with E-state index in [2.05, 4.69) is 0 Å². The Hall–Kier alpha value is -1.10. The van der Waals surface area contributed by atoms with Crippen LogP contribution in [0.4, 0.5) is 0 Å². The Labute approximate surface area is 133 Å². The minimum atomic E-state index is -1.04. The first-order valence-corrected chi connectivity index (χ1v) is 7.34. The second kappa shape index (κ2) is 5.95. The number of rotatable bonds is 3. The van der Waals surface area contributed by atoms with Crippen LogP contribution in [0.5, 0.6) is 0 Å². The molecule has 1 aliphatic heterocycles. The van der Waals surface area contributed by atoms with E-state index in [-0.39, 0.29) is 12.7 Å². The summed E-state index contributed by atoms with van der Waals surface area (Å²) in [6, 6.07) is 14.6. The number of hydrogen-bond acceptors (Lipinski definition) is 3. The molecule has 0 spiro atoms. The molecule has 1 N–H and O–H groups in total. The zero-order chi connectivity index (χ0) is 14.9. The van der Waals surface area contributed by atoms with Gasteiger partial charge in [-0.2, -0.15) is 0 Å². The first-order valence-electron chi connectivity index (χ1n) is 6.59. The molecule has 1 saturated heterocycles. The van der Waals surface area contributed by atoms with Crippen LogP contribution in [0.15, 0.2) is 48.5 Å². The second-order valence-electron chi connectivity index (χ2n) is 4.86. The van der Waals surface area contributed by atoms with E-state index in [9.17, 15) is 5.11 Å². The SMILES string of the molecule is OCC1COC(c2ccc(Cl)cc2)(c2ccc(Cl)cc2)O1. The molecule has 0 aromatic heterocycles. The third kappa shape index (κ3) is 2.80. The fourth-order valence-corrected chi connectivity index (χ4v) is 2.66. The van der Waals surface area contributed by atoms with Gasteiger partial charge >= 0.3 is 0 Å². The van der Waals surface area contributed by atoms with Crippen molar-refractivity contribution in [3.05, 3.63) is 69.7 Å². The molecule has 2 aromatic rings. The summed E-state index contributed by atoms with van der Waals surface area (Å²) < 4.78 is 11.9. The van der Waals surface area contributed by atoms with Gasteiger partial charge in [-0.1, -0.05) is 47.5 Å². The van der Waals surface area contributed by atoms with Crippen LogP contribution in [0.25, 0.3) is 0 Å². The molecule has 1 heterocycles. The molecule has 3 nitrogen and oxygen atoms in total. The molecule has 3 rings (SSSR count). The average Bonchev–Trinajstić information content (AvgIpc) is 2.94. The number of benzene rings is 2.